The lowest BCUT2D eigenvalue weighted by Crippen LogP contribution is -2.37. The maximum absolute atomic E-state index is 11.7. The number of hydrogen-bond donors (Lipinski definition) is 7. The average Bonchev–Trinajstić information content (AvgIpc) is 2.78. The van der Waals surface area contributed by atoms with E-state index in [1.54, 1.807) is 0 Å². The zero-order valence-electron chi connectivity index (χ0n) is 14.8. The van der Waals surface area contributed by atoms with Crippen molar-refractivity contribution in [1.82, 2.24) is 9.55 Å². The van der Waals surface area contributed by atoms with E-state index in [2.05, 4.69) is 13.1 Å². The van der Waals surface area contributed by atoms with Crippen molar-refractivity contribution in [2.45, 2.75) is 24.5 Å². The first-order valence-electron chi connectivity index (χ1n) is 7.22. The van der Waals surface area contributed by atoms with Crippen LogP contribution in [0, 0.1) is 0 Å². The van der Waals surface area contributed by atoms with Gasteiger partial charge in [0.15, 0.2) is 6.23 Å². The van der Waals surface area contributed by atoms with Crippen LogP contribution in [0.25, 0.3) is 0 Å². The van der Waals surface area contributed by atoms with E-state index in [-0.39, 0.29) is 11.0 Å². The van der Waals surface area contributed by atoms with E-state index < -0.39 is 65.9 Å². The van der Waals surface area contributed by atoms with Gasteiger partial charge in [0, 0.05) is 12.3 Å². The van der Waals surface area contributed by atoms with Crippen molar-refractivity contribution in [3.8, 4) is 0 Å². The molecule has 0 spiro atoms. The van der Waals surface area contributed by atoms with E-state index in [9.17, 15) is 38.4 Å². The molecular formula is C9H19N2O17P3. The summed E-state index contributed by atoms with van der Waals surface area (Å²) in [7, 11) is -16.8. The molecular weight excluding hydrogens is 501 g/mol. The molecule has 11 N–H and O–H groups in total. The number of phosphoric acid groups is 3. The number of nitrogens with one attached hydrogen (secondary N) is 1. The molecule has 0 aromatic carbocycles. The molecule has 2 heterocycles. The third-order valence-corrected chi connectivity index (χ3v) is 7.08. The van der Waals surface area contributed by atoms with Crippen LogP contribution < -0.4 is 11.2 Å². The molecule has 6 atom stereocenters. The van der Waals surface area contributed by atoms with Crippen LogP contribution in [0.4, 0.5) is 0 Å². The molecule has 0 radical (unpaired) electrons. The predicted molar refractivity (Wildman–Crippen MR) is 94.3 cm³/mol. The summed E-state index contributed by atoms with van der Waals surface area (Å²) < 4.78 is 50.6. The van der Waals surface area contributed by atoms with Crippen molar-refractivity contribution in [2.24, 2.45) is 0 Å². The minimum Gasteiger partial charge on any atom is -0.412 e. The molecule has 0 aliphatic carbocycles. The van der Waals surface area contributed by atoms with E-state index in [0.717, 1.165) is 12.3 Å². The molecule has 1 aliphatic rings. The van der Waals surface area contributed by atoms with Gasteiger partial charge in [0.25, 0.3) is 5.56 Å². The van der Waals surface area contributed by atoms with E-state index in [1.807, 2.05) is 4.98 Å². The van der Waals surface area contributed by atoms with Gasteiger partial charge < -0.3 is 45.5 Å². The quantitative estimate of drug-likeness (QED) is 0.160. The van der Waals surface area contributed by atoms with Crippen LogP contribution in [0.2, 0.25) is 0 Å². The highest BCUT2D eigenvalue weighted by atomic mass is 31.3. The van der Waals surface area contributed by atoms with Crippen molar-refractivity contribution < 1.29 is 72.3 Å². The summed E-state index contributed by atoms with van der Waals surface area (Å²) in [5.74, 6) is 0. The number of aromatic amines is 1. The van der Waals surface area contributed by atoms with Gasteiger partial charge in [0.2, 0.25) is 0 Å². The number of aliphatic hydroxyl groups excluding tert-OH is 2. The van der Waals surface area contributed by atoms with Crippen molar-refractivity contribution >= 4 is 23.5 Å². The van der Waals surface area contributed by atoms with Crippen molar-refractivity contribution in [3.05, 3.63) is 33.1 Å². The van der Waals surface area contributed by atoms with Gasteiger partial charge in [-0.05, 0) is 0 Å². The summed E-state index contributed by atoms with van der Waals surface area (Å²) in [5, 5.41) is 19.9. The Kier molecular flexibility index (Phi) is 10.3. The topological polar surface area (TPSA) is 327 Å². The van der Waals surface area contributed by atoms with Crippen LogP contribution in [0.15, 0.2) is 21.9 Å². The van der Waals surface area contributed by atoms with Gasteiger partial charge in [-0.3, -0.25) is 18.9 Å². The highest BCUT2D eigenvalue weighted by Gasteiger charge is 2.46. The number of H-pyrrole nitrogens is 1. The van der Waals surface area contributed by atoms with E-state index >= 15 is 0 Å². The molecule has 1 aromatic heterocycles. The molecule has 182 valence electrons. The maximum atomic E-state index is 11.7. The smallest absolute Gasteiger partial charge is 0.412 e. The summed E-state index contributed by atoms with van der Waals surface area (Å²) in [6.07, 6.45) is -5.70. The number of nitrogens with zero attached hydrogens (tertiary/aromatic N) is 1. The van der Waals surface area contributed by atoms with E-state index in [1.165, 1.54) is 0 Å². The first-order chi connectivity index (χ1) is 13.1. The number of phosphoric ester groups is 1. The lowest BCUT2D eigenvalue weighted by atomic mass is 10.1. The fourth-order valence-electron chi connectivity index (χ4n) is 2.20. The largest absolute Gasteiger partial charge is 0.490 e. The Hall–Kier alpha value is -1.11. The molecule has 0 amide bonds. The van der Waals surface area contributed by atoms with Crippen molar-refractivity contribution in [1.29, 1.82) is 0 Å². The summed E-state index contributed by atoms with van der Waals surface area (Å²) in [6.45, 7) is -1.05. The van der Waals surface area contributed by atoms with Gasteiger partial charge in [-0.2, -0.15) is 8.62 Å². The number of hydrogen-bond acceptors (Lipinski definition) is 11. The fourth-order valence-corrected chi connectivity index (χ4v) is 5.23. The standard InChI is InChI=1S/C9H15N2O15P3.2H2O/c12-5-1-2-11(9(15)10-5)8-7(14)6(13)4(24-8)3-23-28(19,20)26-29(21,22)25-27(16,17)18;;/h1-2,4,6-8,13-14H,3H2,(H,19,20)(H,21,22)(H,10,12,15)(H2,16,17,18);2*1H2/t4?,6-,7-,8-;;/m1../s1. The number of aromatic nitrogens is 2. The maximum Gasteiger partial charge on any atom is 0.490 e. The van der Waals surface area contributed by atoms with Crippen LogP contribution in [0.3, 0.4) is 0 Å². The van der Waals surface area contributed by atoms with E-state index in [4.69, 9.17) is 19.4 Å². The third kappa shape index (κ3) is 8.39. The molecule has 19 nitrogen and oxygen atoms in total. The normalized spacial score (nSPS) is 27.4. The summed E-state index contributed by atoms with van der Waals surface area (Å²) in [5.41, 5.74) is -1.74. The lowest BCUT2D eigenvalue weighted by molar-refractivity contribution is -0.0542. The predicted octanol–water partition coefficient (Wildman–Crippen LogP) is -4.15. The molecule has 1 saturated heterocycles. The second kappa shape index (κ2) is 10.7. The Morgan fingerprint density at radius 3 is 2.10 bits per heavy atom. The van der Waals surface area contributed by atoms with Gasteiger partial charge in [0.1, 0.15) is 18.3 Å². The van der Waals surface area contributed by atoms with Crippen LogP contribution in [-0.4, -0.2) is 75.2 Å². The first-order valence-corrected chi connectivity index (χ1v) is 11.7. The number of rotatable bonds is 8. The molecule has 1 aromatic rings. The van der Waals surface area contributed by atoms with Crippen LogP contribution in [-0.2, 0) is 31.6 Å². The zero-order chi connectivity index (χ0) is 22.2. The average molecular weight is 520 g/mol. The second-order valence-electron chi connectivity index (χ2n) is 5.45. The highest BCUT2D eigenvalue weighted by molar-refractivity contribution is 7.66. The first kappa shape index (κ1) is 29.9. The Morgan fingerprint density at radius 1 is 1.00 bits per heavy atom. The molecule has 0 bridgehead atoms. The minimum absolute atomic E-state index is 0. The molecule has 2 rings (SSSR count). The van der Waals surface area contributed by atoms with Crippen molar-refractivity contribution in [3.63, 3.8) is 0 Å². The van der Waals surface area contributed by atoms with Crippen LogP contribution in [0.1, 0.15) is 6.23 Å². The van der Waals surface area contributed by atoms with E-state index in [0.29, 0.717) is 4.57 Å². The monoisotopic (exact) mass is 520 g/mol. The second-order valence-corrected chi connectivity index (χ2v) is 9.87. The number of ether oxygens (including phenoxy) is 1. The fraction of sp³-hybridized carbons (Fsp3) is 0.556. The molecule has 22 heteroatoms. The Balaban J connectivity index is 0.00000450. The van der Waals surface area contributed by atoms with Gasteiger partial charge in [-0.1, -0.05) is 0 Å². The molecule has 0 saturated carbocycles. The summed E-state index contributed by atoms with van der Waals surface area (Å²) >= 11 is 0. The number of aliphatic hydroxyl groups is 2. The minimum atomic E-state index is -5.73. The lowest BCUT2D eigenvalue weighted by Gasteiger charge is -2.19. The SMILES string of the molecule is O.O.O=c1ccn([C@@H]2OC(COP(=O)(O)OP(=O)(O)OP(=O)(O)O)[C@@H](O)[C@H]2O)c(=O)[nH]1. The third-order valence-electron chi connectivity index (χ3n) is 3.28. The van der Waals surface area contributed by atoms with Gasteiger partial charge in [0.05, 0.1) is 6.61 Å². The molecule has 1 aliphatic heterocycles. The Morgan fingerprint density at radius 2 is 1.58 bits per heavy atom. The summed E-state index contributed by atoms with van der Waals surface area (Å²) in [4.78, 5) is 59.9. The Bertz CT molecular complexity index is 999. The van der Waals surface area contributed by atoms with Crippen LogP contribution >= 0.6 is 23.5 Å². The van der Waals surface area contributed by atoms with Gasteiger partial charge >= 0.3 is 29.2 Å². The highest BCUT2D eigenvalue weighted by Crippen LogP contribution is 2.66. The Labute approximate surface area is 170 Å². The molecule has 3 unspecified atom stereocenters. The van der Waals surface area contributed by atoms with Crippen molar-refractivity contribution in [2.75, 3.05) is 6.61 Å². The van der Waals surface area contributed by atoms with Gasteiger partial charge in [-0.25, -0.2) is 18.5 Å². The van der Waals surface area contributed by atoms with Crippen LogP contribution in [0.5, 0.6) is 0 Å². The van der Waals surface area contributed by atoms with Gasteiger partial charge in [-0.15, -0.1) is 0 Å². The molecule has 31 heavy (non-hydrogen) atoms. The molecule has 1 fully saturated rings. The summed E-state index contributed by atoms with van der Waals surface area (Å²) in [6, 6.07) is 0.920. The zero-order valence-corrected chi connectivity index (χ0v) is 17.5.